The number of carbonyl (C=O) groups is 12. The van der Waals surface area contributed by atoms with Crippen LogP contribution in [0.1, 0.15) is 105 Å². The summed E-state index contributed by atoms with van der Waals surface area (Å²) < 4.78 is 11.0. The highest BCUT2D eigenvalue weighted by Gasteiger charge is 2.43. The number of likely N-dealkylation sites (N-methyl/N-ethyl adjacent to an activating group) is 1. The summed E-state index contributed by atoms with van der Waals surface area (Å²) in [7, 11) is 1.63. The van der Waals surface area contributed by atoms with Gasteiger partial charge in [-0.25, -0.2) is 9.59 Å². The molecule has 6 rings (SSSR count). The van der Waals surface area contributed by atoms with Gasteiger partial charge in [-0.1, -0.05) is 66.6 Å². The summed E-state index contributed by atoms with van der Waals surface area (Å²) in [5.41, 5.74) is 2.97. The molecule has 0 radical (unpaired) electrons. The molecule has 0 aliphatic carbocycles. The number of benzene rings is 3. The number of hydrogen-bond donors (Lipinski definition) is 7. The maximum Gasteiger partial charge on any atom is 0.410 e. The molecule has 2 fully saturated rings. The van der Waals surface area contributed by atoms with E-state index in [0.717, 1.165) is 10.5 Å². The predicted molar refractivity (Wildman–Crippen MR) is 300 cm³/mol. The van der Waals surface area contributed by atoms with Gasteiger partial charge in [0.05, 0.1) is 32.8 Å². The zero-order valence-corrected chi connectivity index (χ0v) is 47.8. The third kappa shape index (κ3) is 19.9. The van der Waals surface area contributed by atoms with Crippen molar-refractivity contribution in [3.05, 3.63) is 99.6 Å². The van der Waals surface area contributed by atoms with Crippen molar-refractivity contribution in [1.29, 1.82) is 0 Å². The molecule has 446 valence electrons. The van der Waals surface area contributed by atoms with Gasteiger partial charge in [0.25, 0.3) is 11.8 Å². The van der Waals surface area contributed by atoms with Crippen LogP contribution in [0.5, 0.6) is 0 Å². The molecule has 0 saturated carbocycles. The smallest absolute Gasteiger partial charge is 0.410 e. The number of halogens is 1. The zero-order chi connectivity index (χ0) is 60.2. The first-order valence-corrected chi connectivity index (χ1v) is 27.8. The van der Waals surface area contributed by atoms with Crippen molar-refractivity contribution in [3.8, 4) is 0 Å². The molecule has 26 heteroatoms. The normalized spacial score (nSPS) is 15.3. The Bertz CT molecular complexity index is 2900. The third-order valence-corrected chi connectivity index (χ3v) is 13.9. The Labute approximate surface area is 485 Å². The van der Waals surface area contributed by atoms with Crippen molar-refractivity contribution < 1.29 is 67.0 Å². The minimum atomic E-state index is -1.20. The largest absolute Gasteiger partial charge is 0.444 e. The number of rotatable bonds is 28. The SMILES string of the molecule is CN(CCOCCc1ccc(NC(=O)NCc2ccc3c(c2)CN(C2CCC(=O)N(CNC(=O)CNC(=O)[C@H](Cc4ccccc4)NC(=O)CNC(=O)CNC(=O)CCCCCN4C(=O)CCC4=O)C2=O)C3=O)cc1Cl)C(=O)OC(C)(C)C. The van der Waals surface area contributed by atoms with Gasteiger partial charge in [0.2, 0.25) is 47.3 Å². The van der Waals surface area contributed by atoms with Crippen LogP contribution in [-0.2, 0) is 78.6 Å². The van der Waals surface area contributed by atoms with Gasteiger partial charge in [-0.2, -0.15) is 0 Å². The van der Waals surface area contributed by atoms with E-state index in [1.54, 1.807) is 94.5 Å². The number of anilines is 1. The number of carbonyl (C=O) groups excluding carboxylic acids is 12. The molecule has 3 aliphatic heterocycles. The molecule has 7 N–H and O–H groups in total. The minimum absolute atomic E-state index is 0.00815. The van der Waals surface area contributed by atoms with Crippen LogP contribution in [0.3, 0.4) is 0 Å². The van der Waals surface area contributed by atoms with Gasteiger partial charge in [0, 0.05) is 81.6 Å². The Morgan fingerprint density at radius 3 is 2.13 bits per heavy atom. The van der Waals surface area contributed by atoms with Gasteiger partial charge in [0.15, 0.2) is 0 Å². The Morgan fingerprint density at radius 2 is 1.41 bits per heavy atom. The van der Waals surface area contributed by atoms with E-state index in [9.17, 15) is 57.5 Å². The second kappa shape index (κ2) is 30.6. The van der Waals surface area contributed by atoms with Gasteiger partial charge < -0.3 is 56.5 Å². The van der Waals surface area contributed by atoms with Gasteiger partial charge >= 0.3 is 12.1 Å². The molecule has 2 saturated heterocycles. The van der Waals surface area contributed by atoms with Crippen molar-refractivity contribution in [2.45, 2.75) is 116 Å². The maximum atomic E-state index is 13.8. The fourth-order valence-corrected chi connectivity index (χ4v) is 9.35. The monoisotopic (exact) mass is 1170 g/mol. The second-order valence-corrected chi connectivity index (χ2v) is 21.5. The topological polar surface area (TPSA) is 320 Å². The number of imide groups is 2. The van der Waals surface area contributed by atoms with E-state index >= 15 is 0 Å². The third-order valence-electron chi connectivity index (χ3n) is 13.5. The second-order valence-electron chi connectivity index (χ2n) is 21.1. The van der Waals surface area contributed by atoms with Gasteiger partial charge in [-0.05, 0) is 86.9 Å². The fraction of sp³-hybridized carbons (Fsp3) is 0.474. The van der Waals surface area contributed by atoms with E-state index in [0.29, 0.717) is 85.0 Å². The molecule has 13 amide bonds. The molecule has 0 aromatic heterocycles. The first-order chi connectivity index (χ1) is 39.5. The van der Waals surface area contributed by atoms with E-state index in [-0.39, 0.29) is 63.4 Å². The van der Waals surface area contributed by atoms with E-state index in [2.05, 4.69) is 37.2 Å². The number of hydrogen-bond acceptors (Lipinski definition) is 14. The number of likely N-dealkylation sites (tertiary alicyclic amines) is 2. The van der Waals surface area contributed by atoms with Crippen LogP contribution in [0.15, 0.2) is 66.7 Å². The molecule has 0 spiro atoms. The maximum absolute atomic E-state index is 13.8. The summed E-state index contributed by atoms with van der Waals surface area (Å²) in [5, 5.41) is 18.3. The van der Waals surface area contributed by atoms with Crippen molar-refractivity contribution in [3.63, 3.8) is 0 Å². The summed E-state index contributed by atoms with van der Waals surface area (Å²) in [6.07, 6.45) is 2.18. The van der Waals surface area contributed by atoms with Crippen LogP contribution in [0.4, 0.5) is 15.3 Å². The number of fused-ring (bicyclic) bond motifs is 1. The van der Waals surface area contributed by atoms with E-state index < -0.39 is 103 Å². The highest BCUT2D eigenvalue weighted by Crippen LogP contribution is 2.30. The van der Waals surface area contributed by atoms with Crippen LogP contribution < -0.4 is 37.2 Å². The number of urea groups is 1. The lowest BCUT2D eigenvalue weighted by atomic mass is 10.0. The molecule has 3 heterocycles. The first-order valence-electron chi connectivity index (χ1n) is 27.4. The zero-order valence-electron chi connectivity index (χ0n) is 47.0. The first kappa shape index (κ1) is 63.7. The van der Waals surface area contributed by atoms with Crippen molar-refractivity contribution in [2.24, 2.45) is 0 Å². The number of nitrogens with one attached hydrogen (secondary N) is 7. The summed E-state index contributed by atoms with van der Waals surface area (Å²) in [6.45, 7) is 4.74. The summed E-state index contributed by atoms with van der Waals surface area (Å²) in [4.78, 5) is 158. The number of unbranched alkanes of at least 4 members (excludes halogenated alkanes) is 2. The molecular weight excluding hydrogens is 1100 g/mol. The van der Waals surface area contributed by atoms with Crippen LogP contribution in [0, 0.1) is 0 Å². The Morgan fingerprint density at radius 1 is 0.723 bits per heavy atom. The number of ether oxygens (including phenoxy) is 2. The molecule has 83 heavy (non-hydrogen) atoms. The van der Waals surface area contributed by atoms with Crippen molar-refractivity contribution in [1.82, 2.24) is 51.5 Å². The standard InChI is InChI=1S/C57H72ClN11O14/c1-57(2,3)83-56(81)66(4)24-26-82-25-22-38-15-16-40(29-42(38)58)64-55(80)62-30-37-14-17-41-39(27-37)34-68(53(41)78)44-18-19-51(76)69(54(44)79)35-63-47(72)32-61-52(77)43(28-36-11-7-5-8-12-36)65-48(73)33-60-46(71)31-59-45(70)13-9-6-10-23-67-49(74)20-21-50(67)75/h5,7-8,11-12,14-17,27,29,43-44H,6,9-10,13,18-26,28,30-35H2,1-4H3,(H,59,70)(H,60,71)(H,61,77)(H,63,72)(H,65,73)(H2,62,64,80)/t43-,44?/m0/s1. The van der Waals surface area contributed by atoms with Crippen LogP contribution in [-0.4, -0.2) is 168 Å². The van der Waals surface area contributed by atoms with Gasteiger partial charge in [-0.15, -0.1) is 0 Å². The number of amides is 13. The average Bonchev–Trinajstić information content (AvgIpc) is 4.18. The molecule has 3 aliphatic rings. The lowest BCUT2D eigenvalue weighted by Crippen LogP contribution is -2.57. The van der Waals surface area contributed by atoms with Crippen molar-refractivity contribution in [2.75, 3.05) is 65.0 Å². The van der Waals surface area contributed by atoms with Crippen LogP contribution in [0.2, 0.25) is 5.02 Å². The molecule has 3 aromatic rings. The van der Waals surface area contributed by atoms with Crippen molar-refractivity contribution >= 4 is 88.5 Å². The minimum Gasteiger partial charge on any atom is -0.444 e. The highest BCUT2D eigenvalue weighted by atomic mass is 35.5. The highest BCUT2D eigenvalue weighted by molar-refractivity contribution is 6.31. The van der Waals surface area contributed by atoms with E-state index in [1.165, 1.54) is 14.7 Å². The Balaban J connectivity index is 0.897. The molecule has 25 nitrogen and oxygen atoms in total. The van der Waals surface area contributed by atoms with E-state index in [1.807, 2.05) is 0 Å². The summed E-state index contributed by atoms with van der Waals surface area (Å²) in [5.74, 6) is -5.41. The fourth-order valence-electron chi connectivity index (χ4n) is 9.08. The summed E-state index contributed by atoms with van der Waals surface area (Å²) in [6, 6.07) is 16.1. The predicted octanol–water partition coefficient (Wildman–Crippen LogP) is 2.42. The van der Waals surface area contributed by atoms with Gasteiger partial charge in [-0.3, -0.25) is 57.7 Å². The molecule has 0 bridgehead atoms. The van der Waals surface area contributed by atoms with Gasteiger partial charge in [0.1, 0.15) is 24.4 Å². The molecular formula is C57H72ClN11O14. The molecule has 3 aromatic carbocycles. The Kier molecular flexibility index (Phi) is 23.5. The molecule has 1 unspecified atom stereocenters. The molecule has 2 atom stereocenters. The number of nitrogens with zero attached hydrogens (tertiary/aromatic N) is 4. The quantitative estimate of drug-likeness (QED) is 0.0406. The van der Waals surface area contributed by atoms with Crippen LogP contribution >= 0.6 is 11.6 Å². The lowest BCUT2D eigenvalue weighted by molar-refractivity contribution is -0.153. The summed E-state index contributed by atoms with van der Waals surface area (Å²) >= 11 is 6.51. The average molecular weight is 1170 g/mol. The Hall–Kier alpha value is -8.45. The van der Waals surface area contributed by atoms with Crippen LogP contribution in [0.25, 0.3) is 0 Å². The van der Waals surface area contributed by atoms with E-state index in [4.69, 9.17) is 21.1 Å². The number of piperidine rings is 1. The lowest BCUT2D eigenvalue weighted by Gasteiger charge is -2.35.